The van der Waals surface area contributed by atoms with Crippen LogP contribution in [0.4, 0.5) is 0 Å². The van der Waals surface area contributed by atoms with Crippen LogP contribution in [0.3, 0.4) is 0 Å². The molecule has 1 unspecified atom stereocenters. The van der Waals surface area contributed by atoms with E-state index in [2.05, 4.69) is 24.9 Å². The van der Waals surface area contributed by atoms with Crippen LogP contribution in [0.5, 0.6) is 0 Å². The number of carboxylic acids is 1. The average Bonchev–Trinajstić information content (AvgIpc) is 2.42. The lowest BCUT2D eigenvalue weighted by molar-refractivity contribution is -0.147. The summed E-state index contributed by atoms with van der Waals surface area (Å²) in [6.45, 7) is 6.68. The minimum atomic E-state index is -0.719. The third-order valence-corrected chi connectivity index (χ3v) is 4.37. The maximum Gasteiger partial charge on any atom is 0.309 e. The van der Waals surface area contributed by atoms with Crippen LogP contribution >= 0.6 is 11.6 Å². The molecule has 0 saturated carbocycles. The molecule has 1 aromatic rings. The lowest BCUT2D eigenvalue weighted by Crippen LogP contribution is -2.25. The Morgan fingerprint density at radius 2 is 2.05 bits per heavy atom. The van der Waals surface area contributed by atoms with Crippen molar-refractivity contribution in [2.75, 3.05) is 13.6 Å². The Bertz CT molecular complexity index is 474. The molecule has 0 aliphatic heterocycles. The normalized spacial score (nSPS) is 13.4. The van der Waals surface area contributed by atoms with Gasteiger partial charge in [-0.3, -0.25) is 9.69 Å². The van der Waals surface area contributed by atoms with E-state index in [1.54, 1.807) is 13.8 Å². The van der Waals surface area contributed by atoms with Gasteiger partial charge in [-0.25, -0.2) is 0 Å². The van der Waals surface area contributed by atoms with E-state index < -0.39 is 11.4 Å². The summed E-state index contributed by atoms with van der Waals surface area (Å²) in [4.78, 5) is 13.3. The van der Waals surface area contributed by atoms with Crippen LogP contribution in [0.2, 0.25) is 5.02 Å². The fourth-order valence-electron chi connectivity index (χ4n) is 2.25. The monoisotopic (exact) mass is 311 g/mol. The van der Waals surface area contributed by atoms with E-state index in [0.29, 0.717) is 12.5 Å². The van der Waals surface area contributed by atoms with E-state index in [1.165, 1.54) is 5.56 Å². The molecule has 0 fully saturated rings. The Labute approximate surface area is 132 Å². The first-order valence-electron chi connectivity index (χ1n) is 7.43. The molecule has 0 heterocycles. The second kappa shape index (κ2) is 7.81. The molecule has 0 saturated heterocycles. The van der Waals surface area contributed by atoms with Gasteiger partial charge in [0.05, 0.1) is 5.41 Å². The van der Waals surface area contributed by atoms with Crippen LogP contribution in [0, 0.1) is 5.41 Å². The van der Waals surface area contributed by atoms with Gasteiger partial charge in [0, 0.05) is 11.1 Å². The quantitative estimate of drug-likeness (QED) is 0.712. The third-order valence-electron chi connectivity index (χ3n) is 4.13. The number of hydrogen-bond acceptors (Lipinski definition) is 2. The average molecular weight is 312 g/mol. The summed E-state index contributed by atoms with van der Waals surface area (Å²) in [6.07, 6.45) is 2.63. The molecular formula is C17H26ClNO2. The van der Waals surface area contributed by atoms with E-state index in [0.717, 1.165) is 24.4 Å². The van der Waals surface area contributed by atoms with Crippen LogP contribution in [0.25, 0.3) is 0 Å². The lowest BCUT2D eigenvalue weighted by Gasteiger charge is -2.26. The summed E-state index contributed by atoms with van der Waals surface area (Å²) in [7, 11) is 2.09. The topological polar surface area (TPSA) is 40.5 Å². The molecule has 0 aliphatic carbocycles. The molecule has 4 heteroatoms. The standard InChI is InChI=1S/C17H26ClNO2/c1-13(14-8-7-9-15(18)12-14)19(4)11-6-5-10-17(2,3)16(20)21/h7-9,12-13H,5-6,10-11H2,1-4H3,(H,20,21). The van der Waals surface area contributed by atoms with Crippen molar-refractivity contribution in [2.24, 2.45) is 5.41 Å². The number of carbonyl (C=O) groups is 1. The van der Waals surface area contributed by atoms with Crippen molar-refractivity contribution in [1.82, 2.24) is 4.90 Å². The van der Waals surface area contributed by atoms with E-state index >= 15 is 0 Å². The summed E-state index contributed by atoms with van der Waals surface area (Å²) in [6, 6.07) is 8.23. The first kappa shape index (κ1) is 18.0. The molecule has 1 aromatic carbocycles. The number of aliphatic carboxylic acids is 1. The molecule has 0 spiro atoms. The van der Waals surface area contributed by atoms with Crippen LogP contribution < -0.4 is 0 Å². The molecule has 3 nitrogen and oxygen atoms in total. The summed E-state index contributed by atoms with van der Waals surface area (Å²) in [5, 5.41) is 9.85. The molecule has 21 heavy (non-hydrogen) atoms. The molecule has 0 aliphatic rings. The van der Waals surface area contributed by atoms with Crippen molar-refractivity contribution in [3.8, 4) is 0 Å². The van der Waals surface area contributed by atoms with Gasteiger partial charge in [-0.2, -0.15) is 0 Å². The first-order valence-corrected chi connectivity index (χ1v) is 7.81. The zero-order valence-corrected chi connectivity index (χ0v) is 14.2. The van der Waals surface area contributed by atoms with Gasteiger partial charge in [0.2, 0.25) is 0 Å². The molecule has 1 N–H and O–H groups in total. The molecule has 0 amide bonds. The first-order chi connectivity index (χ1) is 9.74. The van der Waals surface area contributed by atoms with Crippen molar-refractivity contribution >= 4 is 17.6 Å². The van der Waals surface area contributed by atoms with Crippen molar-refractivity contribution in [3.05, 3.63) is 34.9 Å². The van der Waals surface area contributed by atoms with Gasteiger partial charge in [-0.1, -0.05) is 30.2 Å². The third kappa shape index (κ3) is 5.68. The van der Waals surface area contributed by atoms with E-state index in [4.69, 9.17) is 16.7 Å². The lowest BCUT2D eigenvalue weighted by atomic mass is 9.87. The van der Waals surface area contributed by atoms with Gasteiger partial charge < -0.3 is 5.11 Å². The Balaban J connectivity index is 2.40. The van der Waals surface area contributed by atoms with Gasteiger partial charge in [0.1, 0.15) is 0 Å². The number of benzene rings is 1. The van der Waals surface area contributed by atoms with Gasteiger partial charge in [-0.15, -0.1) is 0 Å². The smallest absolute Gasteiger partial charge is 0.309 e. The maximum absolute atomic E-state index is 11.1. The fraction of sp³-hybridized carbons (Fsp3) is 0.588. The Morgan fingerprint density at radius 3 is 2.62 bits per heavy atom. The minimum absolute atomic E-state index is 0.302. The predicted molar refractivity (Wildman–Crippen MR) is 87.8 cm³/mol. The Morgan fingerprint density at radius 1 is 1.38 bits per heavy atom. The molecule has 0 aromatic heterocycles. The second-order valence-electron chi connectivity index (χ2n) is 6.36. The van der Waals surface area contributed by atoms with E-state index in [-0.39, 0.29) is 0 Å². The summed E-state index contributed by atoms with van der Waals surface area (Å²) in [5.74, 6) is -0.719. The molecular weight excluding hydrogens is 286 g/mol. The van der Waals surface area contributed by atoms with Gasteiger partial charge in [0.25, 0.3) is 0 Å². The number of unbranched alkanes of at least 4 members (excludes halogenated alkanes) is 1. The van der Waals surface area contributed by atoms with E-state index in [9.17, 15) is 4.79 Å². The number of halogens is 1. The van der Waals surface area contributed by atoms with Crippen LogP contribution in [-0.4, -0.2) is 29.6 Å². The van der Waals surface area contributed by atoms with Gasteiger partial charge in [0.15, 0.2) is 0 Å². The number of hydrogen-bond donors (Lipinski definition) is 1. The van der Waals surface area contributed by atoms with Crippen LogP contribution in [-0.2, 0) is 4.79 Å². The Kier molecular flexibility index (Phi) is 6.69. The highest BCUT2D eigenvalue weighted by molar-refractivity contribution is 6.30. The SMILES string of the molecule is CC(c1cccc(Cl)c1)N(C)CCCCC(C)(C)C(=O)O. The molecule has 0 radical (unpaired) electrons. The molecule has 1 atom stereocenters. The highest BCUT2D eigenvalue weighted by Gasteiger charge is 2.26. The highest BCUT2D eigenvalue weighted by Crippen LogP contribution is 2.25. The van der Waals surface area contributed by atoms with E-state index in [1.807, 2.05) is 18.2 Å². The maximum atomic E-state index is 11.1. The largest absolute Gasteiger partial charge is 0.481 e. The highest BCUT2D eigenvalue weighted by atomic mass is 35.5. The number of carboxylic acid groups (broad SMARTS) is 1. The van der Waals surface area contributed by atoms with Crippen LogP contribution in [0.15, 0.2) is 24.3 Å². The zero-order valence-electron chi connectivity index (χ0n) is 13.4. The van der Waals surface area contributed by atoms with Crippen molar-refractivity contribution < 1.29 is 9.90 Å². The van der Waals surface area contributed by atoms with Gasteiger partial charge in [-0.05, 0) is 64.9 Å². The number of rotatable bonds is 8. The summed E-state index contributed by atoms with van der Waals surface area (Å²) >= 11 is 6.03. The number of nitrogens with zero attached hydrogens (tertiary/aromatic N) is 1. The van der Waals surface area contributed by atoms with Crippen molar-refractivity contribution in [2.45, 2.75) is 46.1 Å². The molecule has 118 valence electrons. The summed E-state index contributed by atoms with van der Waals surface area (Å²) in [5.41, 5.74) is 0.577. The fourth-order valence-corrected chi connectivity index (χ4v) is 2.45. The minimum Gasteiger partial charge on any atom is -0.481 e. The van der Waals surface area contributed by atoms with Crippen LogP contribution in [0.1, 0.15) is 51.6 Å². The predicted octanol–water partition coefficient (Wildman–Crippen LogP) is 4.61. The second-order valence-corrected chi connectivity index (χ2v) is 6.79. The molecule has 1 rings (SSSR count). The van der Waals surface area contributed by atoms with Crippen molar-refractivity contribution in [3.63, 3.8) is 0 Å². The Hall–Kier alpha value is -1.06. The van der Waals surface area contributed by atoms with Crippen molar-refractivity contribution in [1.29, 1.82) is 0 Å². The summed E-state index contributed by atoms with van der Waals surface area (Å²) < 4.78 is 0. The molecule has 0 bridgehead atoms. The zero-order chi connectivity index (χ0) is 16.0. The van der Waals surface area contributed by atoms with Gasteiger partial charge >= 0.3 is 5.97 Å².